The Morgan fingerprint density at radius 1 is 1.09 bits per heavy atom. The molecule has 0 aliphatic heterocycles. The lowest BCUT2D eigenvalue weighted by Crippen LogP contribution is -2.52. The topological polar surface area (TPSA) is 96.0 Å². The van der Waals surface area contributed by atoms with E-state index >= 15 is 0 Å². The first-order valence-electron chi connectivity index (χ1n) is 11.3. The normalized spacial score (nSPS) is 12.0. The molecule has 2 aromatic rings. The number of nitrogens with zero attached hydrogens (tertiary/aromatic N) is 2. The summed E-state index contributed by atoms with van der Waals surface area (Å²) in [7, 11) is -2.30. The number of hydrogen-bond acceptors (Lipinski definition) is 5. The summed E-state index contributed by atoms with van der Waals surface area (Å²) in [5, 5.41) is 2.86. The molecule has 0 spiro atoms. The highest BCUT2D eigenvalue weighted by Gasteiger charge is 2.31. The number of ether oxygens (including phenoxy) is 1. The van der Waals surface area contributed by atoms with Crippen LogP contribution in [0, 0.1) is 6.92 Å². The quantitative estimate of drug-likeness (QED) is 0.494. The fourth-order valence-electron chi connectivity index (χ4n) is 3.56. The molecule has 0 aromatic heterocycles. The highest BCUT2D eigenvalue weighted by Crippen LogP contribution is 2.24. The fraction of sp³-hybridized carbons (Fsp3) is 0.440. The Balaban J connectivity index is 2.42. The van der Waals surface area contributed by atoms with Gasteiger partial charge in [-0.25, -0.2) is 8.42 Å². The molecule has 0 saturated heterocycles. The molecule has 0 bridgehead atoms. The zero-order valence-corrected chi connectivity index (χ0v) is 21.4. The Morgan fingerprint density at radius 2 is 1.76 bits per heavy atom. The van der Waals surface area contributed by atoms with Gasteiger partial charge in [0.05, 0.1) is 19.1 Å². The molecule has 34 heavy (non-hydrogen) atoms. The first-order valence-corrected chi connectivity index (χ1v) is 13.2. The van der Waals surface area contributed by atoms with Gasteiger partial charge >= 0.3 is 0 Å². The van der Waals surface area contributed by atoms with Crippen LogP contribution in [-0.4, -0.2) is 57.6 Å². The first kappa shape index (κ1) is 27.2. The molecular formula is C25H35N3O5S. The maximum Gasteiger partial charge on any atom is 0.244 e. The summed E-state index contributed by atoms with van der Waals surface area (Å²) in [5.74, 6) is -0.245. The van der Waals surface area contributed by atoms with Gasteiger partial charge in [-0.2, -0.15) is 0 Å². The van der Waals surface area contributed by atoms with Crippen molar-refractivity contribution in [1.82, 2.24) is 10.2 Å². The van der Waals surface area contributed by atoms with Gasteiger partial charge in [-0.15, -0.1) is 0 Å². The van der Waals surface area contributed by atoms with Crippen molar-refractivity contribution in [1.29, 1.82) is 0 Å². The fourth-order valence-corrected chi connectivity index (χ4v) is 4.40. The Kier molecular flexibility index (Phi) is 9.92. The van der Waals surface area contributed by atoms with Crippen LogP contribution in [0.25, 0.3) is 0 Å². The maximum absolute atomic E-state index is 13.6. The van der Waals surface area contributed by atoms with Gasteiger partial charge in [-0.1, -0.05) is 49.7 Å². The molecule has 2 rings (SSSR count). The van der Waals surface area contributed by atoms with Crippen LogP contribution in [0.5, 0.6) is 5.75 Å². The van der Waals surface area contributed by atoms with Gasteiger partial charge in [0, 0.05) is 19.2 Å². The molecule has 186 valence electrons. The summed E-state index contributed by atoms with van der Waals surface area (Å²) in [6.45, 7) is 6.01. The summed E-state index contributed by atoms with van der Waals surface area (Å²) >= 11 is 0. The molecule has 0 radical (unpaired) electrons. The van der Waals surface area contributed by atoms with Crippen LogP contribution in [0.4, 0.5) is 5.69 Å². The number of anilines is 1. The second-order valence-corrected chi connectivity index (χ2v) is 10.1. The monoisotopic (exact) mass is 489 g/mol. The van der Waals surface area contributed by atoms with Crippen molar-refractivity contribution < 1.29 is 22.7 Å². The third-order valence-electron chi connectivity index (χ3n) is 5.43. The van der Waals surface area contributed by atoms with Crippen LogP contribution in [0.3, 0.4) is 0 Å². The number of rotatable bonds is 12. The number of aryl methyl sites for hydroxylation is 1. The molecule has 9 heteroatoms. The number of carbonyl (C=O) groups is 2. The Labute approximate surface area is 202 Å². The third kappa shape index (κ3) is 7.48. The van der Waals surface area contributed by atoms with Gasteiger partial charge in [0.1, 0.15) is 18.3 Å². The molecule has 1 N–H and O–H groups in total. The zero-order chi connectivity index (χ0) is 25.3. The van der Waals surface area contributed by atoms with Crippen molar-refractivity contribution in [3.8, 4) is 5.75 Å². The van der Waals surface area contributed by atoms with E-state index in [2.05, 4.69) is 5.32 Å². The van der Waals surface area contributed by atoms with Crippen LogP contribution >= 0.6 is 0 Å². The third-order valence-corrected chi connectivity index (χ3v) is 6.57. The highest BCUT2D eigenvalue weighted by molar-refractivity contribution is 7.92. The van der Waals surface area contributed by atoms with Gasteiger partial charge in [0.25, 0.3) is 0 Å². The van der Waals surface area contributed by atoms with E-state index in [4.69, 9.17) is 4.74 Å². The first-order chi connectivity index (χ1) is 16.1. The molecule has 8 nitrogen and oxygen atoms in total. The van der Waals surface area contributed by atoms with Crippen LogP contribution in [0.1, 0.15) is 37.8 Å². The highest BCUT2D eigenvalue weighted by atomic mass is 32.2. The van der Waals surface area contributed by atoms with Crippen molar-refractivity contribution in [3.05, 3.63) is 59.7 Å². The van der Waals surface area contributed by atoms with Crippen LogP contribution in [0.15, 0.2) is 48.5 Å². The largest absolute Gasteiger partial charge is 0.497 e. The van der Waals surface area contributed by atoms with Crippen LogP contribution < -0.4 is 14.4 Å². The van der Waals surface area contributed by atoms with E-state index in [-0.39, 0.29) is 12.5 Å². The second-order valence-electron chi connectivity index (χ2n) is 8.19. The van der Waals surface area contributed by atoms with E-state index in [9.17, 15) is 18.0 Å². The van der Waals surface area contributed by atoms with E-state index in [1.807, 2.05) is 45.0 Å². The number of sulfonamides is 1. The number of hydrogen-bond donors (Lipinski definition) is 1. The molecule has 0 aliphatic rings. The predicted molar refractivity (Wildman–Crippen MR) is 134 cm³/mol. The summed E-state index contributed by atoms with van der Waals surface area (Å²) < 4.78 is 31.5. The average Bonchev–Trinajstić information content (AvgIpc) is 2.81. The number of amides is 2. The van der Waals surface area contributed by atoms with E-state index in [0.717, 1.165) is 28.1 Å². The SMILES string of the molecule is CCCNC(=O)C(CC)N(Cc1ccc(C)cc1)C(=O)CN(c1cccc(OC)c1)S(C)(=O)=O. The van der Waals surface area contributed by atoms with E-state index in [1.165, 1.54) is 12.0 Å². The van der Waals surface area contributed by atoms with Gasteiger partial charge in [-0.3, -0.25) is 13.9 Å². The summed E-state index contributed by atoms with van der Waals surface area (Å²) in [4.78, 5) is 28.0. The van der Waals surface area contributed by atoms with Crippen molar-refractivity contribution in [2.45, 2.75) is 46.2 Å². The summed E-state index contributed by atoms with van der Waals surface area (Å²) in [6.07, 6.45) is 2.21. The van der Waals surface area contributed by atoms with E-state index in [1.54, 1.807) is 24.3 Å². The molecule has 0 aliphatic carbocycles. The molecular weight excluding hydrogens is 454 g/mol. The number of carbonyl (C=O) groups excluding carboxylic acids is 2. The Morgan fingerprint density at radius 3 is 2.32 bits per heavy atom. The number of methoxy groups -OCH3 is 1. The summed E-state index contributed by atoms with van der Waals surface area (Å²) in [6, 6.07) is 13.5. The number of nitrogens with one attached hydrogen (secondary N) is 1. The van der Waals surface area contributed by atoms with E-state index in [0.29, 0.717) is 24.4 Å². The molecule has 1 unspecified atom stereocenters. The summed E-state index contributed by atoms with van der Waals surface area (Å²) in [5.41, 5.74) is 2.25. The van der Waals surface area contributed by atoms with Gasteiger partial charge in [0.15, 0.2) is 0 Å². The number of benzene rings is 2. The zero-order valence-electron chi connectivity index (χ0n) is 20.6. The smallest absolute Gasteiger partial charge is 0.244 e. The van der Waals surface area contributed by atoms with Crippen molar-refractivity contribution in [2.24, 2.45) is 0 Å². The Bertz CT molecular complexity index is 1070. The van der Waals surface area contributed by atoms with Crippen molar-refractivity contribution in [2.75, 3.05) is 30.8 Å². The predicted octanol–water partition coefficient (Wildman–Crippen LogP) is 3.10. The van der Waals surface area contributed by atoms with Gasteiger partial charge in [0.2, 0.25) is 21.8 Å². The Hall–Kier alpha value is -3.07. The van der Waals surface area contributed by atoms with Crippen LogP contribution in [0.2, 0.25) is 0 Å². The average molecular weight is 490 g/mol. The molecule has 2 amide bonds. The minimum Gasteiger partial charge on any atom is -0.497 e. The minimum atomic E-state index is -3.79. The molecule has 1 atom stereocenters. The second kappa shape index (κ2) is 12.4. The maximum atomic E-state index is 13.6. The molecule has 0 fully saturated rings. The lowest BCUT2D eigenvalue weighted by atomic mass is 10.1. The standard InChI is InChI=1S/C25H35N3O5S/c1-6-15-26-25(30)23(7-2)27(17-20-13-11-19(3)12-14-20)24(29)18-28(34(5,31)32)21-9-8-10-22(16-21)33-4/h8-14,16,23H,6-7,15,17-18H2,1-5H3,(H,26,30). The minimum absolute atomic E-state index is 0.187. The lowest BCUT2D eigenvalue weighted by molar-refractivity contribution is -0.140. The van der Waals surface area contributed by atoms with Crippen molar-refractivity contribution >= 4 is 27.5 Å². The molecule has 0 heterocycles. The molecule has 0 saturated carbocycles. The van der Waals surface area contributed by atoms with Crippen LogP contribution in [-0.2, 0) is 26.2 Å². The lowest BCUT2D eigenvalue weighted by Gasteiger charge is -2.33. The molecule has 2 aromatic carbocycles. The van der Waals surface area contributed by atoms with Gasteiger partial charge in [-0.05, 0) is 37.5 Å². The van der Waals surface area contributed by atoms with Crippen molar-refractivity contribution in [3.63, 3.8) is 0 Å². The van der Waals surface area contributed by atoms with Gasteiger partial charge < -0.3 is 15.0 Å². The van der Waals surface area contributed by atoms with E-state index < -0.39 is 28.5 Å².